The minimum Gasteiger partial charge on any atom is -0.495 e. The zero-order valence-corrected chi connectivity index (χ0v) is 15.3. The smallest absolute Gasteiger partial charge is 0.228 e. The summed E-state index contributed by atoms with van der Waals surface area (Å²) in [7, 11) is 3.23. The Hall–Kier alpha value is -2.67. The molecule has 0 aliphatic carbocycles. The predicted octanol–water partition coefficient (Wildman–Crippen LogP) is 2.15. The molecule has 1 unspecified atom stereocenters. The van der Waals surface area contributed by atoms with Crippen molar-refractivity contribution < 1.29 is 14.3 Å². The van der Waals surface area contributed by atoms with Crippen LogP contribution in [0.3, 0.4) is 0 Å². The lowest BCUT2D eigenvalue weighted by molar-refractivity contribution is -0.135. The molecule has 136 valence electrons. The van der Waals surface area contributed by atoms with Gasteiger partial charge in [-0.2, -0.15) is 0 Å². The van der Waals surface area contributed by atoms with Crippen molar-refractivity contribution in [1.29, 1.82) is 0 Å². The van der Waals surface area contributed by atoms with Crippen LogP contribution in [0.2, 0.25) is 5.02 Å². The fourth-order valence-corrected chi connectivity index (χ4v) is 3.24. The normalized spacial score (nSPS) is 16.7. The van der Waals surface area contributed by atoms with Gasteiger partial charge in [-0.05, 0) is 18.2 Å². The van der Waals surface area contributed by atoms with Gasteiger partial charge in [0.25, 0.3) is 0 Å². The summed E-state index contributed by atoms with van der Waals surface area (Å²) in [5.74, 6) is -0.0490. The second kappa shape index (κ2) is 7.70. The minimum atomic E-state index is -0.398. The van der Waals surface area contributed by atoms with E-state index in [1.165, 1.54) is 7.11 Å². The van der Waals surface area contributed by atoms with E-state index in [0.29, 0.717) is 35.2 Å². The predicted molar refractivity (Wildman–Crippen MR) is 97.0 cm³/mol. The lowest BCUT2D eigenvalue weighted by Gasteiger charge is -2.21. The Labute approximate surface area is 156 Å². The third-order valence-electron chi connectivity index (χ3n) is 4.31. The summed E-state index contributed by atoms with van der Waals surface area (Å²) in [6.07, 6.45) is 4.96. The summed E-state index contributed by atoms with van der Waals surface area (Å²) >= 11 is 6.14. The number of benzene rings is 1. The Balaban J connectivity index is 1.68. The fourth-order valence-electron chi connectivity index (χ4n) is 2.99. The largest absolute Gasteiger partial charge is 0.495 e. The van der Waals surface area contributed by atoms with E-state index in [1.54, 1.807) is 53.6 Å². The van der Waals surface area contributed by atoms with Crippen LogP contribution in [0.1, 0.15) is 12.1 Å². The van der Waals surface area contributed by atoms with Crippen molar-refractivity contribution in [1.82, 2.24) is 14.9 Å². The number of hydrogen-bond acceptors (Lipinski definition) is 5. The van der Waals surface area contributed by atoms with E-state index in [1.807, 2.05) is 0 Å². The average Bonchev–Trinajstić information content (AvgIpc) is 3.03. The van der Waals surface area contributed by atoms with E-state index in [4.69, 9.17) is 16.3 Å². The van der Waals surface area contributed by atoms with Crippen LogP contribution >= 0.6 is 11.6 Å². The van der Waals surface area contributed by atoms with Crippen LogP contribution in [-0.4, -0.2) is 47.4 Å². The molecule has 1 aromatic carbocycles. The molecule has 1 aliphatic rings. The van der Waals surface area contributed by atoms with Gasteiger partial charge in [0.05, 0.1) is 36.5 Å². The molecule has 1 saturated heterocycles. The van der Waals surface area contributed by atoms with E-state index in [2.05, 4.69) is 9.97 Å². The Bertz CT molecular complexity index is 815. The monoisotopic (exact) mass is 374 g/mol. The molecule has 0 spiro atoms. The van der Waals surface area contributed by atoms with E-state index in [-0.39, 0.29) is 18.2 Å². The molecule has 1 atom stereocenters. The summed E-state index contributed by atoms with van der Waals surface area (Å²) in [5, 5.41) is 0.423. The summed E-state index contributed by atoms with van der Waals surface area (Å²) in [5.41, 5.74) is 1.36. The highest BCUT2D eigenvalue weighted by atomic mass is 35.5. The Morgan fingerprint density at radius 2 is 2.23 bits per heavy atom. The highest BCUT2D eigenvalue weighted by molar-refractivity contribution is 6.32. The van der Waals surface area contributed by atoms with Crippen LogP contribution in [0.15, 0.2) is 36.8 Å². The molecule has 26 heavy (non-hydrogen) atoms. The Morgan fingerprint density at radius 1 is 1.42 bits per heavy atom. The van der Waals surface area contributed by atoms with Gasteiger partial charge in [-0.3, -0.25) is 19.6 Å². The molecule has 1 aliphatic heterocycles. The van der Waals surface area contributed by atoms with E-state index in [9.17, 15) is 9.59 Å². The van der Waals surface area contributed by atoms with Crippen LogP contribution in [-0.2, 0) is 16.1 Å². The molecule has 0 saturated carbocycles. The van der Waals surface area contributed by atoms with Crippen molar-refractivity contribution in [3.63, 3.8) is 0 Å². The van der Waals surface area contributed by atoms with Crippen molar-refractivity contribution in [2.24, 2.45) is 5.92 Å². The number of methoxy groups -OCH3 is 1. The quantitative estimate of drug-likeness (QED) is 0.801. The minimum absolute atomic E-state index is 0.0916. The van der Waals surface area contributed by atoms with Gasteiger partial charge in [-0.15, -0.1) is 0 Å². The zero-order chi connectivity index (χ0) is 18.7. The first-order chi connectivity index (χ1) is 12.5. The molecule has 0 bridgehead atoms. The van der Waals surface area contributed by atoms with Crippen molar-refractivity contribution in [2.45, 2.75) is 13.0 Å². The number of anilines is 1. The molecule has 2 amide bonds. The number of halogens is 1. The number of carbonyl (C=O) groups is 2. The van der Waals surface area contributed by atoms with Gasteiger partial charge in [-0.1, -0.05) is 11.6 Å². The van der Waals surface area contributed by atoms with Gasteiger partial charge < -0.3 is 14.5 Å². The summed E-state index contributed by atoms with van der Waals surface area (Å²) in [6.45, 7) is 0.677. The summed E-state index contributed by atoms with van der Waals surface area (Å²) < 4.78 is 5.13. The van der Waals surface area contributed by atoms with Crippen molar-refractivity contribution in [3.8, 4) is 5.75 Å². The van der Waals surface area contributed by atoms with E-state index in [0.717, 1.165) is 0 Å². The number of nitrogens with zero attached hydrogens (tertiary/aromatic N) is 4. The van der Waals surface area contributed by atoms with Crippen molar-refractivity contribution in [3.05, 3.63) is 47.5 Å². The summed E-state index contributed by atoms with van der Waals surface area (Å²) in [6, 6.07) is 5.15. The topological polar surface area (TPSA) is 75.6 Å². The lowest BCUT2D eigenvalue weighted by Crippen LogP contribution is -2.34. The number of amides is 2. The average molecular weight is 375 g/mol. The highest BCUT2D eigenvalue weighted by Crippen LogP contribution is 2.32. The second-order valence-electron chi connectivity index (χ2n) is 6.12. The van der Waals surface area contributed by atoms with Crippen LogP contribution in [0.4, 0.5) is 5.69 Å². The molecule has 1 aromatic heterocycles. The fraction of sp³-hybridized carbons (Fsp3) is 0.333. The van der Waals surface area contributed by atoms with Gasteiger partial charge in [0, 0.05) is 38.1 Å². The molecular formula is C18H19ClN4O3. The Morgan fingerprint density at radius 3 is 2.88 bits per heavy atom. The number of ether oxygens (including phenoxy) is 1. The molecular weight excluding hydrogens is 356 g/mol. The third-order valence-corrected chi connectivity index (χ3v) is 4.61. The molecule has 2 heterocycles. The SMILES string of the molecule is COc1ccc(N2CC(C(=O)N(C)Cc3cnccn3)CC2=O)cc1Cl. The Kier molecular flexibility index (Phi) is 5.37. The van der Waals surface area contributed by atoms with Crippen molar-refractivity contribution in [2.75, 3.05) is 25.6 Å². The first kappa shape index (κ1) is 18.1. The molecule has 3 rings (SSSR count). The molecule has 0 radical (unpaired) electrons. The van der Waals surface area contributed by atoms with E-state index >= 15 is 0 Å². The molecule has 7 nitrogen and oxygen atoms in total. The number of carbonyl (C=O) groups excluding carboxylic acids is 2. The van der Waals surface area contributed by atoms with Gasteiger partial charge >= 0.3 is 0 Å². The van der Waals surface area contributed by atoms with E-state index < -0.39 is 5.92 Å². The maximum atomic E-state index is 12.7. The summed E-state index contributed by atoms with van der Waals surface area (Å²) in [4.78, 5) is 36.4. The molecule has 0 N–H and O–H groups in total. The van der Waals surface area contributed by atoms with Crippen LogP contribution in [0.25, 0.3) is 0 Å². The first-order valence-electron chi connectivity index (χ1n) is 8.13. The maximum Gasteiger partial charge on any atom is 0.228 e. The lowest BCUT2D eigenvalue weighted by atomic mass is 10.1. The van der Waals surface area contributed by atoms with Gasteiger partial charge in [0.2, 0.25) is 11.8 Å². The van der Waals surface area contributed by atoms with Gasteiger partial charge in [0.15, 0.2) is 0 Å². The highest BCUT2D eigenvalue weighted by Gasteiger charge is 2.36. The first-order valence-corrected chi connectivity index (χ1v) is 8.51. The molecule has 8 heteroatoms. The number of aromatic nitrogens is 2. The van der Waals surface area contributed by atoms with Crippen LogP contribution in [0, 0.1) is 5.92 Å². The second-order valence-corrected chi connectivity index (χ2v) is 6.52. The zero-order valence-electron chi connectivity index (χ0n) is 14.6. The van der Waals surface area contributed by atoms with Crippen LogP contribution in [0.5, 0.6) is 5.75 Å². The number of rotatable bonds is 5. The van der Waals surface area contributed by atoms with Crippen molar-refractivity contribution >= 4 is 29.1 Å². The molecule has 1 fully saturated rings. The molecule has 2 aromatic rings. The standard InChI is InChI=1S/C18H19ClN4O3/c1-22(11-13-9-20-5-6-21-13)18(25)12-7-17(24)23(10-12)14-3-4-16(26-2)15(19)8-14/h3-6,8-9,12H,7,10-11H2,1-2H3. The number of hydrogen-bond donors (Lipinski definition) is 0. The maximum absolute atomic E-state index is 12.7. The van der Waals surface area contributed by atoms with Gasteiger partial charge in [0.1, 0.15) is 5.75 Å². The van der Waals surface area contributed by atoms with Crippen LogP contribution < -0.4 is 9.64 Å². The van der Waals surface area contributed by atoms with Gasteiger partial charge in [-0.25, -0.2) is 0 Å². The third kappa shape index (κ3) is 3.77.